The molecule has 1 atom stereocenters. The molecule has 0 aliphatic carbocycles. The zero-order valence-electron chi connectivity index (χ0n) is 21.4. The minimum atomic E-state index is -2.88. The van der Waals surface area contributed by atoms with E-state index in [2.05, 4.69) is 0 Å². The monoisotopic (exact) mass is 266 g/mol. The molecule has 0 saturated carbocycles. The normalized spacial score (nSPS) is 23.5. The van der Waals surface area contributed by atoms with Crippen LogP contribution in [-0.2, 0) is 0 Å². The number of benzene rings is 2. The zero-order valence-corrected chi connectivity index (χ0v) is 10.4. The Morgan fingerprint density at radius 1 is 1.37 bits per heavy atom. The van der Waals surface area contributed by atoms with Crippen molar-refractivity contribution in [3.8, 4) is 5.75 Å². The van der Waals surface area contributed by atoms with E-state index in [0.29, 0.717) is 5.56 Å². The molecule has 2 heteroatoms. The maximum atomic E-state index is 8.85. The van der Waals surface area contributed by atoms with Crippen LogP contribution in [-0.4, -0.2) is 13.5 Å². The Balaban J connectivity index is 2.71. The molecular weight excluding hydrogens is 234 g/mol. The number of nitrogens with one attached hydrogen (secondary N) is 1. The van der Waals surface area contributed by atoms with Gasteiger partial charge in [0.05, 0.1) is 8.22 Å². The van der Waals surface area contributed by atoms with Crippen molar-refractivity contribution >= 4 is 0 Å². The lowest BCUT2D eigenvalue weighted by Gasteiger charge is -2.20. The third kappa shape index (κ3) is 3.83. The summed E-state index contributed by atoms with van der Waals surface area (Å²) in [5.74, 6) is 0.129. The second-order valence-corrected chi connectivity index (χ2v) is 3.77. The third-order valence-corrected chi connectivity index (χ3v) is 2.44. The molecule has 0 saturated heterocycles. The molecule has 0 aliphatic rings. The molecular formula is C17H21NO. The van der Waals surface area contributed by atoms with Crippen molar-refractivity contribution in [2.75, 3.05) is 13.5 Å². The number of aryl methyl sites for hydroxylation is 1. The third-order valence-electron chi connectivity index (χ3n) is 2.44. The summed E-state index contributed by atoms with van der Waals surface area (Å²) in [4.78, 5) is 0. The van der Waals surface area contributed by atoms with Gasteiger partial charge in [-0.3, -0.25) is 0 Å². The Kier molecular flexibility index (Phi) is 1.94. The molecule has 2 rings (SSSR count). The van der Waals surface area contributed by atoms with Crippen LogP contribution in [0.4, 0.5) is 0 Å². The Morgan fingerprint density at radius 3 is 2.89 bits per heavy atom. The van der Waals surface area contributed by atoms with Crippen molar-refractivity contribution in [2.45, 2.75) is 19.4 Å². The highest BCUT2D eigenvalue weighted by molar-refractivity contribution is 5.33. The van der Waals surface area contributed by atoms with Gasteiger partial charge in [-0.05, 0) is 37.6 Å². The summed E-state index contributed by atoms with van der Waals surface area (Å²) in [6.07, 6.45) is -3.51. The van der Waals surface area contributed by atoms with Gasteiger partial charge in [0.25, 0.3) is 0 Å². The molecule has 0 aliphatic heterocycles. The Morgan fingerprint density at radius 2 is 2.16 bits per heavy atom. The van der Waals surface area contributed by atoms with E-state index < -0.39 is 61.7 Å². The first-order valence-corrected chi connectivity index (χ1v) is 5.69. The van der Waals surface area contributed by atoms with E-state index in [4.69, 9.17) is 19.8 Å². The summed E-state index contributed by atoms with van der Waals surface area (Å²) in [5.41, 5.74) is -0.0289. The van der Waals surface area contributed by atoms with E-state index in [1.807, 2.05) is 0 Å². The molecule has 19 heavy (non-hydrogen) atoms. The van der Waals surface area contributed by atoms with Crippen molar-refractivity contribution in [2.24, 2.45) is 0 Å². The first kappa shape index (κ1) is 5.29. The van der Waals surface area contributed by atoms with E-state index >= 15 is 0 Å². The summed E-state index contributed by atoms with van der Waals surface area (Å²) >= 11 is 0. The van der Waals surface area contributed by atoms with E-state index in [9.17, 15) is 0 Å². The van der Waals surface area contributed by atoms with Gasteiger partial charge < -0.3 is 10.1 Å². The van der Waals surface area contributed by atoms with E-state index in [1.54, 1.807) is 30.4 Å². The van der Waals surface area contributed by atoms with Crippen molar-refractivity contribution in [1.29, 1.82) is 0 Å². The van der Waals surface area contributed by atoms with Crippen LogP contribution in [0, 0.1) is 6.92 Å². The summed E-state index contributed by atoms with van der Waals surface area (Å²) < 4.78 is 92.2. The predicted molar refractivity (Wildman–Crippen MR) is 79.5 cm³/mol. The first-order chi connectivity index (χ1) is 13.6. The van der Waals surface area contributed by atoms with Gasteiger partial charge in [-0.25, -0.2) is 0 Å². The van der Waals surface area contributed by atoms with Gasteiger partial charge in [0, 0.05) is 13.3 Å². The molecule has 100 valence electrons. The molecule has 2 aromatic rings. The lowest BCUT2D eigenvalue weighted by Crippen LogP contribution is -2.16. The van der Waals surface area contributed by atoms with Gasteiger partial charge in [-0.2, -0.15) is 0 Å². The topological polar surface area (TPSA) is 21.3 Å². The standard InChI is InChI=1S/C17H21NO/c1-14-8-6-7-11-16(14)19-17(12-13-18-2)15-9-4-3-5-10-15/h3-11,17-18H,12-13H2,1-2H3/i2D3,3D,4D,5D,9D,10D,13D2,17D. The summed E-state index contributed by atoms with van der Waals surface area (Å²) in [5, 5.41) is 1.78. The number of hydrogen-bond acceptors (Lipinski definition) is 2. The fourth-order valence-electron chi connectivity index (χ4n) is 1.49. The Labute approximate surface area is 130 Å². The van der Waals surface area contributed by atoms with E-state index in [-0.39, 0.29) is 5.75 Å². The fourth-order valence-corrected chi connectivity index (χ4v) is 1.49. The Hall–Kier alpha value is -1.80. The molecule has 2 aromatic carbocycles. The molecule has 0 amide bonds. The quantitative estimate of drug-likeness (QED) is 0.860. The van der Waals surface area contributed by atoms with Crippen LogP contribution in [0.25, 0.3) is 0 Å². The summed E-state index contributed by atoms with van der Waals surface area (Å²) in [7, 11) is 0. The Bertz CT molecular complexity index is 915. The molecule has 0 radical (unpaired) electrons. The highest BCUT2D eigenvalue weighted by Crippen LogP contribution is 2.26. The van der Waals surface area contributed by atoms with E-state index in [1.165, 1.54) is 6.07 Å². The maximum Gasteiger partial charge on any atom is 0.125 e. The molecule has 2 nitrogen and oxygen atoms in total. The van der Waals surface area contributed by atoms with Crippen molar-refractivity contribution in [1.82, 2.24) is 5.32 Å². The van der Waals surface area contributed by atoms with Crippen LogP contribution < -0.4 is 10.1 Å². The number of para-hydroxylation sites is 1. The fraction of sp³-hybridized carbons (Fsp3) is 0.294. The maximum absolute atomic E-state index is 8.85. The molecule has 1 unspecified atom stereocenters. The lowest BCUT2D eigenvalue weighted by atomic mass is 10.1. The SMILES string of the molecule is [2H]c1c([2H])c([2H])c(C([2H])(CC([2H])([2H])NC([2H])([2H])[2H])Oc2ccccc2C)c([2H])c1[2H]. The van der Waals surface area contributed by atoms with Crippen LogP contribution in [0.15, 0.2) is 54.5 Å². The van der Waals surface area contributed by atoms with Gasteiger partial charge in [0.1, 0.15) is 11.8 Å². The number of rotatable bonds is 6. The number of hydrogen-bond donors (Lipinski definition) is 1. The predicted octanol–water partition coefficient (Wildman–Crippen LogP) is 3.72. The van der Waals surface area contributed by atoms with Crippen molar-refractivity contribution in [3.63, 3.8) is 0 Å². The van der Waals surface area contributed by atoms with Crippen LogP contribution >= 0.6 is 0 Å². The molecule has 0 spiro atoms. The highest BCUT2D eigenvalue weighted by atomic mass is 16.5. The smallest absolute Gasteiger partial charge is 0.125 e. The molecule has 0 heterocycles. The van der Waals surface area contributed by atoms with Gasteiger partial charge in [-0.15, -0.1) is 0 Å². The zero-order chi connectivity index (χ0) is 23.1. The minimum absolute atomic E-state index is 0.129. The summed E-state index contributed by atoms with van der Waals surface area (Å²) in [6, 6.07) is 2.90. The lowest BCUT2D eigenvalue weighted by molar-refractivity contribution is 0.193. The average Bonchev–Trinajstić information content (AvgIpc) is 2.57. The first-order valence-electron chi connectivity index (χ1n) is 11.2. The van der Waals surface area contributed by atoms with Gasteiger partial charge in [0.15, 0.2) is 0 Å². The van der Waals surface area contributed by atoms with Crippen molar-refractivity contribution in [3.05, 3.63) is 65.6 Å². The molecule has 0 aromatic heterocycles. The molecule has 0 bridgehead atoms. The summed E-state index contributed by atoms with van der Waals surface area (Å²) in [6.45, 7) is -3.92. The van der Waals surface area contributed by atoms with Crippen LogP contribution in [0.3, 0.4) is 0 Å². The molecule has 0 fully saturated rings. The highest BCUT2D eigenvalue weighted by Gasteiger charge is 2.13. The molecule has 1 N–H and O–H groups in total. The van der Waals surface area contributed by atoms with Crippen LogP contribution in [0.2, 0.25) is 0 Å². The minimum Gasteiger partial charge on any atom is -0.485 e. The second kappa shape index (κ2) is 6.95. The van der Waals surface area contributed by atoms with E-state index in [0.717, 1.165) is 0 Å². The van der Waals surface area contributed by atoms with Gasteiger partial charge in [-0.1, -0.05) is 48.4 Å². The second-order valence-electron chi connectivity index (χ2n) is 3.77. The largest absolute Gasteiger partial charge is 0.485 e. The van der Waals surface area contributed by atoms with Crippen molar-refractivity contribution < 1.29 is 19.8 Å². The number of ether oxygens (including phenoxy) is 1. The van der Waals surface area contributed by atoms with Crippen LogP contribution in [0.1, 0.15) is 38.7 Å². The van der Waals surface area contributed by atoms with Gasteiger partial charge in [0.2, 0.25) is 0 Å². The van der Waals surface area contributed by atoms with Gasteiger partial charge >= 0.3 is 0 Å². The average molecular weight is 266 g/mol. The van der Waals surface area contributed by atoms with Crippen LogP contribution in [0.5, 0.6) is 5.75 Å².